The maximum Gasteiger partial charge on any atom is 0.408 e. The van der Waals surface area contributed by atoms with Crippen molar-refractivity contribution in [2.45, 2.75) is 193 Å². The van der Waals surface area contributed by atoms with Crippen molar-refractivity contribution in [3.63, 3.8) is 0 Å². The number of rotatable bonds is 38. The van der Waals surface area contributed by atoms with Crippen molar-refractivity contribution < 1.29 is 66.9 Å². The molecular weight excluding hydrogens is 1230 g/mol. The Balaban J connectivity index is 1.38. The van der Waals surface area contributed by atoms with Gasteiger partial charge in [-0.1, -0.05) is 97.4 Å². The first-order valence-corrected chi connectivity index (χ1v) is 33.2. The topological polar surface area (TPSA) is 375 Å². The van der Waals surface area contributed by atoms with E-state index in [-0.39, 0.29) is 62.6 Å². The van der Waals surface area contributed by atoms with Gasteiger partial charge in [-0.25, -0.2) is 19.4 Å². The molecular formula is C66H103N13O14S. The van der Waals surface area contributed by atoms with Crippen molar-refractivity contribution in [1.82, 2.24) is 52.0 Å². The summed E-state index contributed by atoms with van der Waals surface area (Å²) in [6.07, 6.45) is 2.54. The minimum Gasteiger partial charge on any atom is -0.453 e. The number of nitrogens with two attached hydrogens (primary N) is 2. The molecule has 2 heterocycles. The molecule has 11 atom stereocenters. The number of amides is 11. The highest BCUT2D eigenvalue weighted by atomic mass is 32.1. The van der Waals surface area contributed by atoms with Crippen LogP contribution in [0.1, 0.15) is 142 Å². The van der Waals surface area contributed by atoms with Gasteiger partial charge in [0.25, 0.3) is 0 Å². The molecule has 0 saturated carbocycles. The SMILES string of the molecule is CC[C@H](C)[C@@H]([C@@H](CC(=O)N1CCC[C@H]1[C@H](OC)[C@@H](C)C(=O)N[C@@H](Cc1ccccc1)c1nccs1)OC)N(C)C(=O)[C@@H](NC(=O)C(C)(C)NC(=O)OCc1ccc(NC(=O)[C@H](CCCNC(N)=O)NC(=O)C(NC(=O)[C@H](CCCCN)NC(=O)OC)C(C)C)cc1)C(C)C. The van der Waals surface area contributed by atoms with Gasteiger partial charge in [-0.05, 0) is 113 Å². The average molecular weight is 1330 g/mol. The largest absolute Gasteiger partial charge is 0.453 e. The van der Waals surface area contributed by atoms with Crippen molar-refractivity contribution in [3.05, 3.63) is 82.3 Å². The van der Waals surface area contributed by atoms with Crippen LogP contribution in [0, 0.1) is 23.7 Å². The summed E-state index contributed by atoms with van der Waals surface area (Å²) < 4.78 is 22.4. The molecule has 11 amide bonds. The van der Waals surface area contributed by atoms with Crippen LogP contribution in [0.15, 0.2) is 66.2 Å². The maximum atomic E-state index is 14.7. The number of urea groups is 1. The quantitative estimate of drug-likeness (QED) is 0.0331. The van der Waals surface area contributed by atoms with E-state index in [0.717, 1.165) is 17.7 Å². The lowest BCUT2D eigenvalue weighted by Crippen LogP contribution is -2.62. The fraction of sp³-hybridized carbons (Fsp3) is 0.621. The fourth-order valence-corrected chi connectivity index (χ4v) is 12.0. The number of likely N-dealkylation sites (N-methyl/N-ethyl adjacent to an activating group) is 1. The monoisotopic (exact) mass is 1330 g/mol. The highest BCUT2D eigenvalue weighted by Crippen LogP contribution is 2.31. The second-order valence-corrected chi connectivity index (χ2v) is 26.0. The Kier molecular flexibility index (Phi) is 32.6. The molecule has 12 N–H and O–H groups in total. The van der Waals surface area contributed by atoms with Crippen LogP contribution in [0.3, 0.4) is 0 Å². The van der Waals surface area contributed by atoms with Crippen LogP contribution >= 0.6 is 11.3 Å². The average Bonchev–Trinajstić information content (AvgIpc) is 1.39. The summed E-state index contributed by atoms with van der Waals surface area (Å²) in [5.41, 5.74) is 11.1. The molecule has 0 spiro atoms. The number of aromatic nitrogens is 1. The predicted octanol–water partition coefficient (Wildman–Crippen LogP) is 5.18. The van der Waals surface area contributed by atoms with E-state index in [2.05, 4.69) is 47.5 Å². The smallest absolute Gasteiger partial charge is 0.408 e. The molecule has 94 heavy (non-hydrogen) atoms. The van der Waals surface area contributed by atoms with Crippen molar-refractivity contribution in [1.29, 1.82) is 0 Å². The third-order valence-electron chi connectivity index (χ3n) is 17.0. The molecule has 0 aliphatic carbocycles. The molecule has 0 radical (unpaired) electrons. The number of likely N-dealkylation sites (tertiary alicyclic amines) is 1. The number of ether oxygens (including phenoxy) is 4. The lowest BCUT2D eigenvalue weighted by molar-refractivity contribution is -0.148. The molecule has 2 aromatic carbocycles. The molecule has 1 saturated heterocycles. The Morgan fingerprint density at radius 1 is 0.755 bits per heavy atom. The van der Waals surface area contributed by atoms with Crippen LogP contribution in [-0.4, -0.2) is 176 Å². The number of carbonyl (C=O) groups excluding carboxylic acids is 10. The lowest BCUT2D eigenvalue weighted by atomic mass is 9.89. The van der Waals surface area contributed by atoms with Crippen LogP contribution in [-0.2, 0) is 65.5 Å². The number of benzene rings is 2. The number of carbonyl (C=O) groups is 10. The van der Waals surface area contributed by atoms with Gasteiger partial charge in [0.05, 0.1) is 49.8 Å². The van der Waals surface area contributed by atoms with Crippen molar-refractivity contribution in [3.8, 4) is 0 Å². The van der Waals surface area contributed by atoms with Gasteiger partial charge in [0.1, 0.15) is 41.3 Å². The van der Waals surface area contributed by atoms with Crippen LogP contribution in [0.5, 0.6) is 0 Å². The minimum absolute atomic E-state index is 0.0509. The number of nitrogens with zero attached hydrogens (tertiary/aromatic N) is 3. The van der Waals surface area contributed by atoms with Gasteiger partial charge in [-0.2, -0.15) is 0 Å². The van der Waals surface area contributed by atoms with Gasteiger partial charge in [-0.15, -0.1) is 11.3 Å². The Hall–Kier alpha value is -7.95. The van der Waals surface area contributed by atoms with Crippen LogP contribution in [0.4, 0.5) is 20.1 Å². The van der Waals surface area contributed by atoms with Gasteiger partial charge in [-0.3, -0.25) is 33.6 Å². The molecule has 1 unspecified atom stereocenters. The van der Waals surface area contributed by atoms with Gasteiger partial charge in [0.15, 0.2) is 0 Å². The normalized spacial score (nSPS) is 16.3. The molecule has 1 fully saturated rings. The van der Waals surface area contributed by atoms with Gasteiger partial charge in [0, 0.05) is 51.6 Å². The standard InChI is InChI=1S/C66H103N13O14S/c1-14-41(6)54(50(90-11)37-51(80)79-34-21-26-49(79)55(91-12)42(7)56(81)73-48(60-69-33-35-94-60)36-43-22-16-15-17-23-43)78(10)61(85)53(40(4)5)76-62(86)66(8,9)77-65(89)93-38-44-27-29-45(30-28-44)71-57(82)46(25-20-32-70-63(68)87)72-59(84)52(39(2)3)75-58(83)47(24-18-19-31-67)74-64(88)92-13/h15-17,22-23,27-30,33,35,39-42,46-50,52-55H,14,18-21,24-26,31-32,34,36-38,67H2,1-13H3,(H,71,82)(H,72,84)(H,73,81)(H,74,88)(H,75,83)(H,76,86)(H,77,89)(H3,68,70,87)/t41-,42+,46-,47-,48-,49-,50+,52?,53-,54-,55+/m0/s1. The number of hydrogen-bond acceptors (Lipinski definition) is 17. The Morgan fingerprint density at radius 2 is 1.41 bits per heavy atom. The van der Waals surface area contributed by atoms with Crippen molar-refractivity contribution in [2.75, 3.05) is 53.3 Å². The zero-order valence-electron chi connectivity index (χ0n) is 56.9. The van der Waals surface area contributed by atoms with Crippen LogP contribution < -0.4 is 54.0 Å². The van der Waals surface area contributed by atoms with E-state index in [1.807, 2.05) is 56.5 Å². The number of alkyl carbamates (subject to hydrolysis) is 2. The van der Waals surface area contributed by atoms with Gasteiger partial charge >= 0.3 is 18.2 Å². The zero-order chi connectivity index (χ0) is 69.8. The van der Waals surface area contributed by atoms with E-state index < -0.39 is 120 Å². The molecule has 3 aromatic rings. The molecule has 1 aliphatic rings. The first-order valence-electron chi connectivity index (χ1n) is 32.3. The third-order valence-corrected chi connectivity index (χ3v) is 17.9. The number of thiazole rings is 1. The number of unbranched alkanes of at least 4 members (excludes halogenated alkanes) is 1. The summed E-state index contributed by atoms with van der Waals surface area (Å²) in [6, 6.07) is 9.57. The molecule has 27 nitrogen and oxygen atoms in total. The zero-order valence-corrected chi connectivity index (χ0v) is 57.7. The van der Waals surface area contributed by atoms with Crippen LogP contribution in [0.25, 0.3) is 0 Å². The highest BCUT2D eigenvalue weighted by Gasteiger charge is 2.44. The number of methoxy groups -OCH3 is 3. The van der Waals surface area contributed by atoms with E-state index >= 15 is 0 Å². The second kappa shape index (κ2) is 39.0. The Bertz CT molecular complexity index is 2920. The number of hydrogen-bond donors (Lipinski definition) is 10. The number of nitrogens with one attached hydrogen (secondary N) is 8. The Morgan fingerprint density at radius 3 is 2.00 bits per heavy atom. The fourth-order valence-electron chi connectivity index (χ4n) is 11.3. The first kappa shape index (κ1) is 78.5. The van der Waals surface area contributed by atoms with E-state index in [9.17, 15) is 47.9 Å². The van der Waals surface area contributed by atoms with Crippen LogP contribution in [0.2, 0.25) is 0 Å². The van der Waals surface area contributed by atoms with E-state index in [1.165, 1.54) is 32.3 Å². The highest BCUT2D eigenvalue weighted by molar-refractivity contribution is 7.09. The number of primary amides is 1. The molecule has 4 rings (SSSR count). The molecule has 522 valence electrons. The van der Waals surface area contributed by atoms with Gasteiger partial charge < -0.3 is 82.7 Å². The summed E-state index contributed by atoms with van der Waals surface area (Å²) in [7, 11) is 5.85. The summed E-state index contributed by atoms with van der Waals surface area (Å²) in [5.74, 6) is -5.18. The van der Waals surface area contributed by atoms with Crippen molar-refractivity contribution >= 4 is 76.6 Å². The second-order valence-electron chi connectivity index (χ2n) is 25.1. The predicted molar refractivity (Wildman–Crippen MR) is 356 cm³/mol. The van der Waals surface area contributed by atoms with Gasteiger partial charge in [0.2, 0.25) is 41.4 Å². The molecule has 0 bridgehead atoms. The minimum atomic E-state index is -1.60. The maximum absolute atomic E-state index is 14.7. The van der Waals surface area contributed by atoms with Crippen molar-refractivity contribution in [2.24, 2.45) is 35.1 Å². The molecule has 28 heteroatoms. The summed E-state index contributed by atoms with van der Waals surface area (Å²) in [5, 5.41) is 24.5. The molecule has 1 aliphatic heterocycles. The van der Waals surface area contributed by atoms with E-state index in [0.29, 0.717) is 62.9 Å². The summed E-state index contributed by atoms with van der Waals surface area (Å²) in [4.78, 5) is 143. The van der Waals surface area contributed by atoms with E-state index in [4.69, 9.17) is 30.4 Å². The summed E-state index contributed by atoms with van der Waals surface area (Å²) >= 11 is 1.47. The first-order chi connectivity index (χ1) is 44.6. The Labute approximate surface area is 557 Å². The number of anilines is 1. The summed E-state index contributed by atoms with van der Waals surface area (Å²) in [6.45, 7) is 16.3. The van der Waals surface area contributed by atoms with E-state index in [1.54, 1.807) is 82.1 Å². The third kappa shape index (κ3) is 24.1. The lowest BCUT2D eigenvalue weighted by Gasteiger charge is -2.41. The molecule has 1 aromatic heterocycles.